The van der Waals surface area contributed by atoms with Gasteiger partial charge in [-0.25, -0.2) is 0 Å². The number of benzene rings is 1. The van der Waals surface area contributed by atoms with Crippen molar-refractivity contribution in [1.82, 2.24) is 4.90 Å². The molecule has 0 radical (unpaired) electrons. The number of hydrogen-bond donors (Lipinski definition) is 0. The van der Waals surface area contributed by atoms with Crippen molar-refractivity contribution in [2.75, 3.05) is 25.6 Å². The summed E-state index contributed by atoms with van der Waals surface area (Å²) in [6, 6.07) is 9.30. The van der Waals surface area contributed by atoms with Crippen molar-refractivity contribution < 1.29 is 4.74 Å². The van der Waals surface area contributed by atoms with E-state index in [4.69, 9.17) is 16.3 Å². The van der Waals surface area contributed by atoms with E-state index in [0.29, 0.717) is 11.9 Å². The fraction of sp³-hybridized carbons (Fsp3) is 0.625. The SMILES string of the molecule is CC(C)(C)c1ccc(CN2CCOCC2CCl)cc1. The molecule has 1 aliphatic heterocycles. The minimum absolute atomic E-state index is 0.218. The summed E-state index contributed by atoms with van der Waals surface area (Å²) in [4.78, 5) is 2.42. The molecule has 2 nitrogen and oxygen atoms in total. The van der Waals surface area contributed by atoms with Gasteiger partial charge in [0, 0.05) is 25.0 Å². The van der Waals surface area contributed by atoms with Gasteiger partial charge in [0.05, 0.1) is 13.2 Å². The first-order valence-electron chi connectivity index (χ1n) is 6.98. The van der Waals surface area contributed by atoms with E-state index in [-0.39, 0.29) is 5.41 Å². The van der Waals surface area contributed by atoms with Gasteiger partial charge in [0.15, 0.2) is 0 Å². The minimum atomic E-state index is 0.218. The maximum absolute atomic E-state index is 6.00. The van der Waals surface area contributed by atoms with E-state index in [9.17, 15) is 0 Å². The summed E-state index contributed by atoms with van der Waals surface area (Å²) in [5.74, 6) is 0.639. The van der Waals surface area contributed by atoms with Crippen molar-refractivity contribution in [2.24, 2.45) is 0 Å². The normalized spacial score (nSPS) is 21.6. The Morgan fingerprint density at radius 2 is 1.95 bits per heavy atom. The summed E-state index contributed by atoms with van der Waals surface area (Å²) in [7, 11) is 0. The van der Waals surface area contributed by atoms with E-state index in [0.717, 1.165) is 26.3 Å². The molecule has 1 aliphatic rings. The van der Waals surface area contributed by atoms with Gasteiger partial charge in [-0.1, -0.05) is 45.0 Å². The molecule has 0 aromatic heterocycles. The Morgan fingerprint density at radius 3 is 2.53 bits per heavy atom. The third kappa shape index (κ3) is 3.95. The summed E-state index contributed by atoms with van der Waals surface area (Å²) in [5.41, 5.74) is 2.95. The topological polar surface area (TPSA) is 12.5 Å². The van der Waals surface area contributed by atoms with E-state index < -0.39 is 0 Å². The Hall–Kier alpha value is -0.570. The molecule has 1 atom stereocenters. The van der Waals surface area contributed by atoms with Crippen molar-refractivity contribution in [1.29, 1.82) is 0 Å². The van der Waals surface area contributed by atoms with Crippen LogP contribution in [0, 0.1) is 0 Å². The molecule has 0 bridgehead atoms. The molecule has 3 heteroatoms. The van der Waals surface area contributed by atoms with E-state index >= 15 is 0 Å². The number of alkyl halides is 1. The lowest BCUT2D eigenvalue weighted by Gasteiger charge is -2.34. The zero-order chi connectivity index (χ0) is 13.9. The Morgan fingerprint density at radius 1 is 1.26 bits per heavy atom. The fourth-order valence-electron chi connectivity index (χ4n) is 2.38. The van der Waals surface area contributed by atoms with Crippen LogP contribution in [0.25, 0.3) is 0 Å². The number of morpholine rings is 1. The van der Waals surface area contributed by atoms with Crippen molar-refractivity contribution in [2.45, 2.75) is 38.8 Å². The summed E-state index contributed by atoms with van der Waals surface area (Å²) < 4.78 is 5.48. The lowest BCUT2D eigenvalue weighted by Crippen LogP contribution is -2.45. The summed E-state index contributed by atoms with van der Waals surface area (Å²) >= 11 is 6.00. The van der Waals surface area contributed by atoms with E-state index in [1.165, 1.54) is 11.1 Å². The highest BCUT2D eigenvalue weighted by Gasteiger charge is 2.22. The lowest BCUT2D eigenvalue weighted by atomic mass is 9.87. The molecule has 1 aromatic rings. The average molecular weight is 282 g/mol. The predicted molar refractivity (Wildman–Crippen MR) is 80.9 cm³/mol. The van der Waals surface area contributed by atoms with Crippen LogP contribution in [0.3, 0.4) is 0 Å². The first-order valence-corrected chi connectivity index (χ1v) is 7.51. The molecule has 1 unspecified atom stereocenters. The molecule has 0 saturated carbocycles. The van der Waals surface area contributed by atoms with Crippen LogP contribution >= 0.6 is 11.6 Å². The van der Waals surface area contributed by atoms with Gasteiger partial charge in [-0.05, 0) is 16.5 Å². The highest BCUT2D eigenvalue weighted by atomic mass is 35.5. The fourth-order valence-corrected chi connectivity index (χ4v) is 2.67. The van der Waals surface area contributed by atoms with Crippen LogP contribution in [0.4, 0.5) is 0 Å². The second-order valence-electron chi connectivity index (χ2n) is 6.30. The van der Waals surface area contributed by atoms with E-state index in [1.807, 2.05) is 0 Å². The highest BCUT2D eigenvalue weighted by Crippen LogP contribution is 2.23. The van der Waals surface area contributed by atoms with Crippen LogP contribution in [0.15, 0.2) is 24.3 Å². The Balaban J connectivity index is 2.02. The zero-order valence-electron chi connectivity index (χ0n) is 12.2. The van der Waals surface area contributed by atoms with Crippen molar-refractivity contribution >= 4 is 11.6 Å². The van der Waals surface area contributed by atoms with Gasteiger partial charge in [-0.3, -0.25) is 4.90 Å². The van der Waals surface area contributed by atoms with Gasteiger partial charge in [0.2, 0.25) is 0 Å². The van der Waals surface area contributed by atoms with Crippen LogP contribution in [-0.4, -0.2) is 36.6 Å². The van der Waals surface area contributed by atoms with Crippen LogP contribution in [0.5, 0.6) is 0 Å². The van der Waals surface area contributed by atoms with E-state index in [1.54, 1.807) is 0 Å². The first kappa shape index (κ1) is 14.8. The maximum atomic E-state index is 6.00. The van der Waals surface area contributed by atoms with Crippen LogP contribution < -0.4 is 0 Å². The van der Waals surface area contributed by atoms with Gasteiger partial charge in [-0.2, -0.15) is 0 Å². The quantitative estimate of drug-likeness (QED) is 0.787. The highest BCUT2D eigenvalue weighted by molar-refractivity contribution is 6.18. The van der Waals surface area contributed by atoms with Gasteiger partial charge >= 0.3 is 0 Å². The monoisotopic (exact) mass is 281 g/mol. The molecule has 2 rings (SSSR count). The second-order valence-corrected chi connectivity index (χ2v) is 6.61. The molecule has 1 fully saturated rings. The molecule has 1 aromatic carbocycles. The molecule has 0 N–H and O–H groups in total. The molecule has 0 aliphatic carbocycles. The molecule has 0 spiro atoms. The average Bonchev–Trinajstić information content (AvgIpc) is 2.39. The van der Waals surface area contributed by atoms with Crippen LogP contribution in [0.1, 0.15) is 31.9 Å². The summed E-state index contributed by atoms with van der Waals surface area (Å²) in [5, 5.41) is 0. The van der Waals surface area contributed by atoms with Gasteiger partial charge in [0.1, 0.15) is 0 Å². The van der Waals surface area contributed by atoms with Crippen molar-refractivity contribution in [3.05, 3.63) is 35.4 Å². The Bertz CT molecular complexity index is 396. The number of halogens is 1. The largest absolute Gasteiger partial charge is 0.378 e. The number of hydrogen-bond acceptors (Lipinski definition) is 2. The third-order valence-corrected chi connectivity index (χ3v) is 4.09. The zero-order valence-corrected chi connectivity index (χ0v) is 12.9. The maximum Gasteiger partial charge on any atom is 0.0634 e. The molecule has 1 saturated heterocycles. The molecular weight excluding hydrogens is 258 g/mol. The summed E-state index contributed by atoms with van der Waals surface area (Å²) in [6.07, 6.45) is 0. The molecule has 19 heavy (non-hydrogen) atoms. The second kappa shape index (κ2) is 6.25. The summed E-state index contributed by atoms with van der Waals surface area (Å²) in [6.45, 7) is 10.2. The molecule has 1 heterocycles. The Kier molecular flexibility index (Phi) is 4.88. The smallest absolute Gasteiger partial charge is 0.0634 e. The van der Waals surface area contributed by atoms with Crippen LogP contribution in [-0.2, 0) is 16.7 Å². The molecular formula is C16H24ClNO. The first-order chi connectivity index (χ1) is 9.00. The van der Waals surface area contributed by atoms with Gasteiger partial charge in [-0.15, -0.1) is 11.6 Å². The van der Waals surface area contributed by atoms with Crippen molar-refractivity contribution in [3.8, 4) is 0 Å². The predicted octanol–water partition coefficient (Wildman–Crippen LogP) is 3.42. The number of ether oxygens (including phenoxy) is 1. The number of nitrogens with zero attached hydrogens (tertiary/aromatic N) is 1. The number of rotatable bonds is 3. The third-order valence-electron chi connectivity index (χ3n) is 3.73. The van der Waals surface area contributed by atoms with E-state index in [2.05, 4.69) is 49.9 Å². The standard InChI is InChI=1S/C16H24ClNO/c1-16(2,3)14-6-4-13(5-7-14)11-18-8-9-19-12-15(18)10-17/h4-7,15H,8-12H2,1-3H3. The van der Waals surface area contributed by atoms with Gasteiger partial charge < -0.3 is 4.74 Å². The van der Waals surface area contributed by atoms with Crippen LogP contribution in [0.2, 0.25) is 0 Å². The minimum Gasteiger partial charge on any atom is -0.378 e. The Labute approximate surface area is 121 Å². The lowest BCUT2D eigenvalue weighted by molar-refractivity contribution is -0.00304. The molecule has 0 amide bonds. The molecule has 106 valence electrons. The van der Waals surface area contributed by atoms with Crippen molar-refractivity contribution in [3.63, 3.8) is 0 Å². The van der Waals surface area contributed by atoms with Gasteiger partial charge in [0.25, 0.3) is 0 Å².